The predicted octanol–water partition coefficient (Wildman–Crippen LogP) is 5.11. The molecule has 3 unspecified atom stereocenters. The van der Waals surface area contributed by atoms with Gasteiger partial charge in [0.2, 0.25) is 0 Å². The van der Waals surface area contributed by atoms with Gasteiger partial charge in [-0.25, -0.2) is 0 Å². The van der Waals surface area contributed by atoms with E-state index in [9.17, 15) is 0 Å². The summed E-state index contributed by atoms with van der Waals surface area (Å²) in [5, 5.41) is 3.84. The minimum Gasteiger partial charge on any atom is -0.303 e. The normalized spacial score (nSPS) is 15.4. The molecule has 1 N–H and O–H groups in total. The van der Waals surface area contributed by atoms with Crippen molar-refractivity contribution in [2.75, 3.05) is 0 Å². The fraction of sp³-hybridized carbons (Fsp3) is 0.400. The molecule has 1 nitrogen and oxygen atoms in total. The molecule has 1 heteroatoms. The van der Waals surface area contributed by atoms with Crippen LogP contribution in [-0.2, 0) is 0 Å². The highest BCUT2D eigenvalue weighted by Crippen LogP contribution is 2.26. The molecule has 2 aromatic carbocycles. The zero-order chi connectivity index (χ0) is 15.2. The molecule has 2 rings (SSSR count). The molecule has 0 radical (unpaired) electrons. The van der Waals surface area contributed by atoms with Gasteiger partial charge in [-0.3, -0.25) is 0 Å². The quantitative estimate of drug-likeness (QED) is 0.776. The second kappa shape index (κ2) is 7.42. The van der Waals surface area contributed by atoms with Crippen LogP contribution in [0.4, 0.5) is 0 Å². The first-order valence-corrected chi connectivity index (χ1v) is 8.00. The van der Waals surface area contributed by atoms with Crippen molar-refractivity contribution in [1.29, 1.82) is 0 Å². The van der Waals surface area contributed by atoms with Crippen molar-refractivity contribution in [3.8, 4) is 0 Å². The average Bonchev–Trinajstić information content (AvgIpc) is 2.53. The molecule has 0 aromatic heterocycles. The summed E-state index contributed by atoms with van der Waals surface area (Å²) >= 11 is 0. The van der Waals surface area contributed by atoms with E-state index in [1.54, 1.807) is 0 Å². The molecule has 0 bridgehead atoms. The van der Waals surface area contributed by atoms with Gasteiger partial charge in [-0.05, 0) is 36.5 Å². The molecule has 0 fully saturated rings. The van der Waals surface area contributed by atoms with Gasteiger partial charge in [0.05, 0.1) is 6.04 Å². The van der Waals surface area contributed by atoms with Crippen molar-refractivity contribution in [3.63, 3.8) is 0 Å². The van der Waals surface area contributed by atoms with Gasteiger partial charge in [-0.15, -0.1) is 0 Å². The fourth-order valence-corrected chi connectivity index (χ4v) is 2.70. The lowest BCUT2D eigenvalue weighted by Gasteiger charge is -2.28. The van der Waals surface area contributed by atoms with Gasteiger partial charge in [0.1, 0.15) is 0 Å². The third-order valence-electron chi connectivity index (χ3n) is 4.56. The Morgan fingerprint density at radius 3 is 2.14 bits per heavy atom. The lowest BCUT2D eigenvalue weighted by molar-refractivity contribution is 0.368. The van der Waals surface area contributed by atoms with E-state index in [0.717, 1.165) is 0 Å². The van der Waals surface area contributed by atoms with Crippen LogP contribution < -0.4 is 5.32 Å². The Hall–Kier alpha value is -1.60. The van der Waals surface area contributed by atoms with Crippen molar-refractivity contribution < 1.29 is 0 Å². The van der Waals surface area contributed by atoms with Crippen LogP contribution in [0.2, 0.25) is 0 Å². The Kier molecular flexibility index (Phi) is 5.58. The van der Waals surface area contributed by atoms with Crippen molar-refractivity contribution in [3.05, 3.63) is 71.3 Å². The molecular formula is C20H27N. The molecular weight excluding hydrogens is 254 g/mol. The van der Waals surface area contributed by atoms with Crippen LogP contribution in [0.5, 0.6) is 0 Å². The van der Waals surface area contributed by atoms with Crippen LogP contribution in [0.1, 0.15) is 49.9 Å². The Labute approximate surface area is 129 Å². The number of hydrogen-bond donors (Lipinski definition) is 1. The van der Waals surface area contributed by atoms with Gasteiger partial charge in [0, 0.05) is 6.04 Å². The predicted molar refractivity (Wildman–Crippen MR) is 91.5 cm³/mol. The van der Waals surface area contributed by atoms with Crippen LogP contribution in [0, 0.1) is 12.8 Å². The standard InChI is InChI=1S/C20H27N/c1-5-15(2)17(4)21-20(18-12-7-6-8-13-18)19-14-10-9-11-16(19)3/h6-15,17,20-21H,5H2,1-4H3. The molecule has 0 saturated carbocycles. The zero-order valence-electron chi connectivity index (χ0n) is 13.6. The number of rotatable bonds is 6. The maximum atomic E-state index is 3.84. The summed E-state index contributed by atoms with van der Waals surface area (Å²) in [6.07, 6.45) is 1.20. The van der Waals surface area contributed by atoms with Crippen LogP contribution in [-0.4, -0.2) is 6.04 Å². The Morgan fingerprint density at radius 2 is 1.52 bits per heavy atom. The Bertz CT molecular complexity index is 547. The van der Waals surface area contributed by atoms with Gasteiger partial charge in [-0.1, -0.05) is 74.9 Å². The topological polar surface area (TPSA) is 12.0 Å². The molecule has 21 heavy (non-hydrogen) atoms. The van der Waals surface area contributed by atoms with Gasteiger partial charge in [-0.2, -0.15) is 0 Å². The van der Waals surface area contributed by atoms with Crippen molar-refractivity contribution in [2.24, 2.45) is 5.92 Å². The van der Waals surface area contributed by atoms with E-state index < -0.39 is 0 Å². The maximum Gasteiger partial charge on any atom is 0.0581 e. The molecule has 0 spiro atoms. The molecule has 0 saturated heterocycles. The summed E-state index contributed by atoms with van der Waals surface area (Å²) in [7, 11) is 0. The van der Waals surface area contributed by atoms with Gasteiger partial charge in [0.15, 0.2) is 0 Å². The second-order valence-corrected chi connectivity index (χ2v) is 6.04. The summed E-state index contributed by atoms with van der Waals surface area (Å²) in [5.41, 5.74) is 4.05. The molecule has 0 aliphatic rings. The second-order valence-electron chi connectivity index (χ2n) is 6.04. The third kappa shape index (κ3) is 3.95. The molecule has 0 amide bonds. The Balaban J connectivity index is 2.34. The van der Waals surface area contributed by atoms with Crippen LogP contribution in [0.3, 0.4) is 0 Å². The highest BCUT2D eigenvalue weighted by atomic mass is 15.0. The van der Waals surface area contributed by atoms with E-state index in [2.05, 4.69) is 87.6 Å². The van der Waals surface area contributed by atoms with E-state index in [-0.39, 0.29) is 6.04 Å². The van der Waals surface area contributed by atoms with Crippen molar-refractivity contribution in [1.82, 2.24) is 5.32 Å². The zero-order valence-corrected chi connectivity index (χ0v) is 13.6. The maximum absolute atomic E-state index is 3.84. The van der Waals surface area contributed by atoms with Gasteiger partial charge in [0.25, 0.3) is 0 Å². The first-order chi connectivity index (χ1) is 10.1. The number of hydrogen-bond acceptors (Lipinski definition) is 1. The molecule has 0 aliphatic heterocycles. The van der Waals surface area contributed by atoms with Gasteiger partial charge < -0.3 is 5.32 Å². The van der Waals surface area contributed by atoms with E-state index in [1.165, 1.54) is 23.1 Å². The summed E-state index contributed by atoms with van der Waals surface area (Å²) in [5.74, 6) is 0.667. The molecule has 0 aliphatic carbocycles. The van der Waals surface area contributed by atoms with E-state index in [0.29, 0.717) is 12.0 Å². The lowest BCUT2D eigenvalue weighted by atomic mass is 9.92. The van der Waals surface area contributed by atoms with Crippen LogP contribution >= 0.6 is 0 Å². The fourth-order valence-electron chi connectivity index (χ4n) is 2.70. The summed E-state index contributed by atoms with van der Waals surface area (Å²) in [4.78, 5) is 0. The first-order valence-electron chi connectivity index (χ1n) is 8.00. The van der Waals surface area contributed by atoms with E-state index >= 15 is 0 Å². The van der Waals surface area contributed by atoms with Crippen LogP contribution in [0.25, 0.3) is 0 Å². The van der Waals surface area contributed by atoms with Crippen molar-refractivity contribution >= 4 is 0 Å². The third-order valence-corrected chi connectivity index (χ3v) is 4.56. The van der Waals surface area contributed by atoms with Crippen molar-refractivity contribution in [2.45, 2.75) is 46.2 Å². The monoisotopic (exact) mass is 281 g/mol. The summed E-state index contributed by atoms with van der Waals surface area (Å²) in [6, 6.07) is 20.2. The van der Waals surface area contributed by atoms with Gasteiger partial charge >= 0.3 is 0 Å². The molecule has 3 atom stereocenters. The van der Waals surface area contributed by atoms with E-state index in [1.807, 2.05) is 0 Å². The minimum atomic E-state index is 0.261. The summed E-state index contributed by atoms with van der Waals surface area (Å²) < 4.78 is 0. The Morgan fingerprint density at radius 1 is 0.905 bits per heavy atom. The molecule has 2 aromatic rings. The minimum absolute atomic E-state index is 0.261. The highest BCUT2D eigenvalue weighted by molar-refractivity contribution is 5.36. The molecule has 112 valence electrons. The first kappa shape index (κ1) is 15.8. The number of nitrogens with one attached hydrogen (secondary N) is 1. The number of benzene rings is 2. The largest absolute Gasteiger partial charge is 0.303 e. The summed E-state index contributed by atoms with van der Waals surface area (Å²) in [6.45, 7) is 9.06. The van der Waals surface area contributed by atoms with E-state index in [4.69, 9.17) is 0 Å². The SMILES string of the molecule is CCC(C)C(C)NC(c1ccccc1)c1ccccc1C. The lowest BCUT2D eigenvalue weighted by Crippen LogP contribution is -2.36. The highest BCUT2D eigenvalue weighted by Gasteiger charge is 2.20. The number of aryl methyl sites for hydroxylation is 1. The molecule has 0 heterocycles. The smallest absolute Gasteiger partial charge is 0.0581 e. The van der Waals surface area contributed by atoms with Crippen LogP contribution in [0.15, 0.2) is 54.6 Å². The average molecular weight is 281 g/mol.